The predicted molar refractivity (Wildman–Crippen MR) is 77.5 cm³/mol. The first-order valence-corrected chi connectivity index (χ1v) is 7.37. The number of hydrogen-bond donors (Lipinski definition) is 1. The summed E-state index contributed by atoms with van der Waals surface area (Å²) < 4.78 is 0. The standard InChI is InChI=1S/C16H22N2O/c1-12-4-7-15-13(11-12)3-2-10-18(15)16(19)8-9-17-14-5-6-14/h4,7,11,14,17H,2-3,5-6,8-10H2,1H3. The van der Waals surface area contributed by atoms with E-state index in [9.17, 15) is 4.79 Å². The number of anilines is 1. The second kappa shape index (κ2) is 5.33. The average molecular weight is 258 g/mol. The molecule has 1 fully saturated rings. The lowest BCUT2D eigenvalue weighted by atomic mass is 9.99. The summed E-state index contributed by atoms with van der Waals surface area (Å²) in [7, 11) is 0. The van der Waals surface area contributed by atoms with Gasteiger partial charge in [-0.2, -0.15) is 0 Å². The highest BCUT2D eigenvalue weighted by atomic mass is 16.2. The molecule has 0 spiro atoms. The molecule has 0 aromatic heterocycles. The molecule has 3 heteroatoms. The molecule has 1 aromatic rings. The van der Waals surface area contributed by atoms with Crippen LogP contribution in [0.4, 0.5) is 5.69 Å². The van der Waals surface area contributed by atoms with E-state index in [0.717, 1.165) is 31.6 Å². The van der Waals surface area contributed by atoms with E-state index in [1.54, 1.807) is 0 Å². The van der Waals surface area contributed by atoms with Gasteiger partial charge in [0.25, 0.3) is 0 Å². The Labute approximate surface area is 115 Å². The van der Waals surface area contributed by atoms with Gasteiger partial charge in [-0.3, -0.25) is 4.79 Å². The predicted octanol–water partition coefficient (Wildman–Crippen LogP) is 2.42. The molecule has 0 atom stereocenters. The minimum atomic E-state index is 0.262. The Kier molecular flexibility index (Phi) is 3.56. The second-order valence-electron chi connectivity index (χ2n) is 5.76. The Morgan fingerprint density at radius 3 is 3.05 bits per heavy atom. The number of aryl methyl sites for hydroxylation is 2. The summed E-state index contributed by atoms with van der Waals surface area (Å²) in [5, 5.41) is 3.41. The van der Waals surface area contributed by atoms with Crippen LogP contribution in [-0.2, 0) is 11.2 Å². The van der Waals surface area contributed by atoms with Crippen LogP contribution < -0.4 is 10.2 Å². The Balaban J connectivity index is 1.65. The molecular weight excluding hydrogens is 236 g/mol. The zero-order valence-electron chi connectivity index (χ0n) is 11.6. The number of rotatable bonds is 4. The quantitative estimate of drug-likeness (QED) is 0.899. The Bertz CT molecular complexity index is 480. The third-order valence-corrected chi connectivity index (χ3v) is 4.00. The van der Waals surface area contributed by atoms with Crippen molar-refractivity contribution in [3.63, 3.8) is 0 Å². The zero-order chi connectivity index (χ0) is 13.2. The summed E-state index contributed by atoms with van der Waals surface area (Å²) in [6, 6.07) is 7.12. The number of amides is 1. The van der Waals surface area contributed by atoms with E-state index in [2.05, 4.69) is 30.4 Å². The molecule has 1 aromatic carbocycles. The van der Waals surface area contributed by atoms with Gasteiger partial charge in [-0.15, -0.1) is 0 Å². The summed E-state index contributed by atoms with van der Waals surface area (Å²) in [6.07, 6.45) is 5.35. The second-order valence-corrected chi connectivity index (χ2v) is 5.76. The molecule has 102 valence electrons. The maximum Gasteiger partial charge on any atom is 0.228 e. The normalized spacial score (nSPS) is 18.3. The highest BCUT2D eigenvalue weighted by Crippen LogP contribution is 2.28. The van der Waals surface area contributed by atoms with Crippen molar-refractivity contribution in [1.29, 1.82) is 0 Å². The van der Waals surface area contributed by atoms with Crippen molar-refractivity contribution in [2.75, 3.05) is 18.0 Å². The average Bonchev–Trinajstić information content (AvgIpc) is 3.21. The maximum absolute atomic E-state index is 12.3. The van der Waals surface area contributed by atoms with Crippen molar-refractivity contribution in [3.05, 3.63) is 29.3 Å². The fraction of sp³-hybridized carbons (Fsp3) is 0.562. The molecule has 1 saturated carbocycles. The first-order valence-electron chi connectivity index (χ1n) is 7.37. The maximum atomic E-state index is 12.3. The van der Waals surface area contributed by atoms with Gasteiger partial charge in [0, 0.05) is 31.2 Å². The molecule has 1 amide bonds. The number of nitrogens with one attached hydrogen (secondary N) is 1. The van der Waals surface area contributed by atoms with E-state index >= 15 is 0 Å². The number of nitrogens with zero attached hydrogens (tertiary/aromatic N) is 1. The van der Waals surface area contributed by atoms with Gasteiger partial charge in [-0.1, -0.05) is 17.7 Å². The van der Waals surface area contributed by atoms with Gasteiger partial charge in [0.05, 0.1) is 0 Å². The number of benzene rings is 1. The van der Waals surface area contributed by atoms with Crippen LogP contribution in [0.15, 0.2) is 18.2 Å². The molecule has 2 aliphatic rings. The van der Waals surface area contributed by atoms with Crippen molar-refractivity contribution < 1.29 is 4.79 Å². The third-order valence-electron chi connectivity index (χ3n) is 4.00. The SMILES string of the molecule is Cc1ccc2c(c1)CCCN2C(=O)CCNC1CC1. The number of fused-ring (bicyclic) bond motifs is 1. The lowest BCUT2D eigenvalue weighted by Crippen LogP contribution is -2.37. The van der Waals surface area contributed by atoms with E-state index in [1.807, 2.05) is 4.90 Å². The molecule has 0 saturated heterocycles. The molecule has 3 rings (SSSR count). The van der Waals surface area contributed by atoms with Crippen LogP contribution in [0.5, 0.6) is 0 Å². The van der Waals surface area contributed by atoms with Crippen LogP contribution in [0.3, 0.4) is 0 Å². The highest BCUT2D eigenvalue weighted by Gasteiger charge is 2.24. The Morgan fingerprint density at radius 2 is 2.26 bits per heavy atom. The number of carbonyl (C=O) groups is 1. The lowest BCUT2D eigenvalue weighted by molar-refractivity contribution is -0.118. The van der Waals surface area contributed by atoms with Crippen molar-refractivity contribution in [3.8, 4) is 0 Å². The van der Waals surface area contributed by atoms with E-state index in [-0.39, 0.29) is 5.91 Å². The summed E-state index contributed by atoms with van der Waals surface area (Å²) in [4.78, 5) is 14.3. The Hall–Kier alpha value is -1.35. The monoisotopic (exact) mass is 258 g/mol. The molecule has 3 nitrogen and oxygen atoms in total. The smallest absolute Gasteiger partial charge is 0.228 e. The zero-order valence-corrected chi connectivity index (χ0v) is 11.6. The van der Waals surface area contributed by atoms with Gasteiger partial charge in [-0.25, -0.2) is 0 Å². The summed E-state index contributed by atoms with van der Waals surface area (Å²) in [5.74, 6) is 0.262. The molecule has 0 bridgehead atoms. The first kappa shape index (κ1) is 12.7. The summed E-state index contributed by atoms with van der Waals surface area (Å²) in [6.45, 7) is 3.81. The molecule has 1 N–H and O–H groups in total. The Morgan fingerprint density at radius 1 is 1.42 bits per heavy atom. The fourth-order valence-corrected chi connectivity index (χ4v) is 2.79. The highest BCUT2D eigenvalue weighted by molar-refractivity contribution is 5.94. The molecule has 19 heavy (non-hydrogen) atoms. The van der Waals surface area contributed by atoms with Crippen LogP contribution in [0.1, 0.15) is 36.8 Å². The van der Waals surface area contributed by atoms with Crippen molar-refractivity contribution in [2.45, 2.75) is 45.1 Å². The van der Waals surface area contributed by atoms with Gasteiger partial charge in [0.15, 0.2) is 0 Å². The summed E-state index contributed by atoms with van der Waals surface area (Å²) in [5.41, 5.74) is 3.74. The van der Waals surface area contributed by atoms with Crippen LogP contribution in [0, 0.1) is 6.92 Å². The van der Waals surface area contributed by atoms with Crippen molar-refractivity contribution in [2.24, 2.45) is 0 Å². The van der Waals surface area contributed by atoms with Crippen LogP contribution in [0.2, 0.25) is 0 Å². The molecule has 0 radical (unpaired) electrons. The largest absolute Gasteiger partial charge is 0.313 e. The number of carbonyl (C=O) groups excluding carboxylic acids is 1. The third kappa shape index (κ3) is 2.98. The number of hydrogen-bond acceptors (Lipinski definition) is 2. The molecular formula is C16H22N2O. The topological polar surface area (TPSA) is 32.3 Å². The molecule has 1 heterocycles. The minimum absolute atomic E-state index is 0.262. The molecule has 0 unspecified atom stereocenters. The van der Waals surface area contributed by atoms with Crippen LogP contribution in [0.25, 0.3) is 0 Å². The molecule has 1 aliphatic carbocycles. The van der Waals surface area contributed by atoms with E-state index in [1.165, 1.54) is 24.0 Å². The van der Waals surface area contributed by atoms with Gasteiger partial charge >= 0.3 is 0 Å². The van der Waals surface area contributed by atoms with Crippen LogP contribution >= 0.6 is 0 Å². The van der Waals surface area contributed by atoms with E-state index in [0.29, 0.717) is 12.5 Å². The van der Waals surface area contributed by atoms with Crippen LogP contribution in [-0.4, -0.2) is 25.0 Å². The van der Waals surface area contributed by atoms with E-state index in [4.69, 9.17) is 0 Å². The minimum Gasteiger partial charge on any atom is -0.313 e. The van der Waals surface area contributed by atoms with Crippen molar-refractivity contribution >= 4 is 11.6 Å². The lowest BCUT2D eigenvalue weighted by Gasteiger charge is -2.30. The first-order chi connectivity index (χ1) is 9.24. The van der Waals surface area contributed by atoms with Gasteiger partial charge in [-0.05, 0) is 44.2 Å². The van der Waals surface area contributed by atoms with Crippen molar-refractivity contribution in [1.82, 2.24) is 5.32 Å². The van der Waals surface area contributed by atoms with Gasteiger partial charge in [0.1, 0.15) is 0 Å². The fourth-order valence-electron chi connectivity index (χ4n) is 2.79. The van der Waals surface area contributed by atoms with Gasteiger partial charge in [0.2, 0.25) is 5.91 Å². The van der Waals surface area contributed by atoms with Gasteiger partial charge < -0.3 is 10.2 Å². The summed E-state index contributed by atoms with van der Waals surface area (Å²) >= 11 is 0. The molecule has 1 aliphatic heterocycles. The van der Waals surface area contributed by atoms with E-state index < -0.39 is 0 Å².